The molecular weight excluding hydrogens is 325 g/mol. The number of halogens is 2. The fourth-order valence-corrected chi connectivity index (χ4v) is 3.62. The second kappa shape index (κ2) is 6.30. The van der Waals surface area contributed by atoms with Crippen molar-refractivity contribution in [3.63, 3.8) is 0 Å². The SMILES string of the molecule is O=C(c1ccc(Cl)c(Cl)c1)N1CCCSc2ccccc21. The molecule has 1 amide bonds. The van der Waals surface area contributed by atoms with Crippen LogP contribution >= 0.6 is 35.0 Å². The van der Waals surface area contributed by atoms with Crippen molar-refractivity contribution in [2.24, 2.45) is 0 Å². The molecule has 2 aromatic rings. The Morgan fingerprint density at radius 3 is 2.71 bits per heavy atom. The molecule has 2 aromatic carbocycles. The minimum Gasteiger partial charge on any atom is -0.307 e. The summed E-state index contributed by atoms with van der Waals surface area (Å²) in [7, 11) is 0. The lowest BCUT2D eigenvalue weighted by molar-refractivity contribution is 0.0986. The fraction of sp³-hybridized carbons (Fsp3) is 0.188. The number of rotatable bonds is 1. The van der Waals surface area contributed by atoms with E-state index in [9.17, 15) is 4.79 Å². The highest BCUT2D eigenvalue weighted by molar-refractivity contribution is 7.99. The molecule has 0 unspecified atom stereocenters. The fourth-order valence-electron chi connectivity index (χ4n) is 2.32. The number of anilines is 1. The molecule has 3 rings (SSSR count). The molecule has 0 aliphatic carbocycles. The smallest absolute Gasteiger partial charge is 0.258 e. The van der Waals surface area contributed by atoms with Crippen molar-refractivity contribution in [3.8, 4) is 0 Å². The zero-order valence-corrected chi connectivity index (χ0v) is 13.5. The highest BCUT2D eigenvalue weighted by atomic mass is 35.5. The van der Waals surface area contributed by atoms with Crippen molar-refractivity contribution < 1.29 is 4.79 Å². The number of carbonyl (C=O) groups is 1. The van der Waals surface area contributed by atoms with Gasteiger partial charge in [-0.3, -0.25) is 4.79 Å². The normalized spacial score (nSPS) is 14.5. The molecule has 108 valence electrons. The Morgan fingerprint density at radius 2 is 1.90 bits per heavy atom. The second-order valence-corrected chi connectivity index (χ2v) is 6.71. The van der Waals surface area contributed by atoms with E-state index in [0.717, 1.165) is 22.8 Å². The predicted molar refractivity (Wildman–Crippen MR) is 89.9 cm³/mol. The van der Waals surface area contributed by atoms with Gasteiger partial charge in [-0.1, -0.05) is 35.3 Å². The Morgan fingerprint density at radius 1 is 1.10 bits per heavy atom. The first-order valence-corrected chi connectivity index (χ1v) is 8.40. The molecule has 1 heterocycles. The summed E-state index contributed by atoms with van der Waals surface area (Å²) in [6, 6.07) is 13.0. The van der Waals surface area contributed by atoms with Crippen LogP contribution in [0.15, 0.2) is 47.4 Å². The van der Waals surface area contributed by atoms with Crippen LogP contribution in [0.1, 0.15) is 16.8 Å². The van der Waals surface area contributed by atoms with Gasteiger partial charge in [-0.15, -0.1) is 11.8 Å². The van der Waals surface area contributed by atoms with E-state index in [1.807, 2.05) is 23.1 Å². The summed E-state index contributed by atoms with van der Waals surface area (Å²) >= 11 is 13.7. The average Bonchev–Trinajstić information content (AvgIpc) is 2.71. The first-order chi connectivity index (χ1) is 10.2. The topological polar surface area (TPSA) is 20.3 Å². The number of carbonyl (C=O) groups excluding carboxylic acids is 1. The number of nitrogens with zero attached hydrogens (tertiary/aromatic N) is 1. The number of para-hydroxylation sites is 1. The van der Waals surface area contributed by atoms with Crippen LogP contribution in [-0.2, 0) is 0 Å². The average molecular weight is 338 g/mol. The lowest BCUT2D eigenvalue weighted by Crippen LogP contribution is -2.31. The number of benzene rings is 2. The van der Waals surface area contributed by atoms with Gasteiger partial charge in [-0.05, 0) is 42.5 Å². The van der Waals surface area contributed by atoms with Crippen LogP contribution in [0.5, 0.6) is 0 Å². The zero-order valence-electron chi connectivity index (χ0n) is 11.2. The molecule has 0 bridgehead atoms. The highest BCUT2D eigenvalue weighted by Gasteiger charge is 2.22. The van der Waals surface area contributed by atoms with Crippen molar-refractivity contribution in [2.45, 2.75) is 11.3 Å². The van der Waals surface area contributed by atoms with Gasteiger partial charge in [0.2, 0.25) is 0 Å². The molecule has 0 spiro atoms. The van der Waals surface area contributed by atoms with Crippen LogP contribution in [0, 0.1) is 0 Å². The van der Waals surface area contributed by atoms with Crippen molar-refractivity contribution >= 4 is 46.6 Å². The lowest BCUT2D eigenvalue weighted by Gasteiger charge is -2.22. The maximum Gasteiger partial charge on any atom is 0.258 e. The summed E-state index contributed by atoms with van der Waals surface area (Å²) in [5.41, 5.74) is 1.53. The second-order valence-electron chi connectivity index (χ2n) is 4.76. The monoisotopic (exact) mass is 337 g/mol. The van der Waals surface area contributed by atoms with Crippen molar-refractivity contribution in [1.29, 1.82) is 0 Å². The summed E-state index contributed by atoms with van der Waals surface area (Å²) in [6.45, 7) is 0.711. The molecule has 1 aliphatic heterocycles. The van der Waals surface area contributed by atoms with Gasteiger partial charge in [0.15, 0.2) is 0 Å². The zero-order chi connectivity index (χ0) is 14.8. The Bertz CT molecular complexity index is 690. The molecular formula is C16H13Cl2NOS. The van der Waals surface area contributed by atoms with E-state index in [0.29, 0.717) is 22.2 Å². The van der Waals surface area contributed by atoms with Crippen molar-refractivity contribution in [1.82, 2.24) is 0 Å². The first kappa shape index (κ1) is 14.8. The maximum absolute atomic E-state index is 12.8. The molecule has 5 heteroatoms. The van der Waals surface area contributed by atoms with Gasteiger partial charge in [0.25, 0.3) is 5.91 Å². The number of fused-ring (bicyclic) bond motifs is 1. The van der Waals surface area contributed by atoms with Crippen LogP contribution in [-0.4, -0.2) is 18.2 Å². The standard InChI is InChI=1S/C16H13Cl2NOS/c17-12-7-6-11(10-13(12)18)16(20)19-8-3-9-21-15-5-2-1-4-14(15)19/h1-2,4-7,10H,3,8-9H2. The van der Waals surface area contributed by atoms with Crippen LogP contribution in [0.2, 0.25) is 10.0 Å². The van der Waals surface area contributed by atoms with Gasteiger partial charge in [0.05, 0.1) is 15.7 Å². The van der Waals surface area contributed by atoms with Gasteiger partial charge in [0.1, 0.15) is 0 Å². The minimum absolute atomic E-state index is 0.0384. The van der Waals surface area contributed by atoms with E-state index >= 15 is 0 Å². The third-order valence-electron chi connectivity index (χ3n) is 3.35. The number of thioether (sulfide) groups is 1. The van der Waals surface area contributed by atoms with Crippen LogP contribution in [0.3, 0.4) is 0 Å². The Kier molecular flexibility index (Phi) is 4.43. The Balaban J connectivity index is 1.99. The summed E-state index contributed by atoms with van der Waals surface area (Å²) in [5, 5.41) is 0.861. The van der Waals surface area contributed by atoms with E-state index in [1.54, 1.807) is 30.0 Å². The Labute approximate surface area is 138 Å². The van der Waals surface area contributed by atoms with E-state index in [1.165, 1.54) is 0 Å². The maximum atomic E-state index is 12.8. The van der Waals surface area contributed by atoms with Crippen molar-refractivity contribution in [3.05, 3.63) is 58.1 Å². The van der Waals surface area contributed by atoms with Gasteiger partial charge in [-0.2, -0.15) is 0 Å². The van der Waals surface area contributed by atoms with Crippen LogP contribution < -0.4 is 4.90 Å². The highest BCUT2D eigenvalue weighted by Crippen LogP contribution is 2.34. The molecule has 2 nitrogen and oxygen atoms in total. The molecule has 0 saturated heterocycles. The lowest BCUT2D eigenvalue weighted by atomic mass is 10.1. The molecule has 21 heavy (non-hydrogen) atoms. The first-order valence-electron chi connectivity index (χ1n) is 6.65. The molecule has 0 atom stereocenters. The molecule has 1 aliphatic rings. The number of amides is 1. The summed E-state index contributed by atoms with van der Waals surface area (Å²) in [4.78, 5) is 15.8. The van der Waals surface area contributed by atoms with Gasteiger partial charge in [-0.25, -0.2) is 0 Å². The molecule has 0 fully saturated rings. The van der Waals surface area contributed by atoms with E-state index in [4.69, 9.17) is 23.2 Å². The summed E-state index contributed by atoms with van der Waals surface area (Å²) in [5.74, 6) is 0.978. The third kappa shape index (κ3) is 3.05. The molecule has 0 saturated carbocycles. The third-order valence-corrected chi connectivity index (χ3v) is 5.24. The van der Waals surface area contributed by atoms with Gasteiger partial charge < -0.3 is 4.90 Å². The quantitative estimate of drug-likeness (QED) is 0.718. The Hall–Kier alpha value is -1.16. The van der Waals surface area contributed by atoms with Crippen LogP contribution in [0.25, 0.3) is 0 Å². The number of hydrogen-bond donors (Lipinski definition) is 0. The van der Waals surface area contributed by atoms with Crippen LogP contribution in [0.4, 0.5) is 5.69 Å². The van der Waals surface area contributed by atoms with Crippen molar-refractivity contribution in [2.75, 3.05) is 17.2 Å². The van der Waals surface area contributed by atoms with Gasteiger partial charge in [0, 0.05) is 17.0 Å². The summed E-state index contributed by atoms with van der Waals surface area (Å²) in [6.07, 6.45) is 0.965. The van der Waals surface area contributed by atoms with Gasteiger partial charge >= 0.3 is 0 Å². The van der Waals surface area contributed by atoms with E-state index in [2.05, 4.69) is 6.07 Å². The molecule has 0 N–H and O–H groups in total. The predicted octanol–water partition coefficient (Wildman–Crippen LogP) is 5.14. The van der Waals surface area contributed by atoms with E-state index < -0.39 is 0 Å². The summed E-state index contributed by atoms with van der Waals surface area (Å²) < 4.78 is 0. The largest absolute Gasteiger partial charge is 0.307 e. The molecule has 0 radical (unpaired) electrons. The minimum atomic E-state index is -0.0384. The molecule has 0 aromatic heterocycles. The van der Waals surface area contributed by atoms with E-state index in [-0.39, 0.29) is 5.91 Å². The number of hydrogen-bond acceptors (Lipinski definition) is 2.